The number of imidazole rings is 1. The minimum Gasteiger partial charge on any atom is -0.493 e. The molecule has 5 rings (SSSR count). The van der Waals surface area contributed by atoms with Crippen LogP contribution in [0.25, 0.3) is 28.2 Å². The zero-order valence-corrected chi connectivity index (χ0v) is 22.2. The van der Waals surface area contributed by atoms with E-state index >= 15 is 0 Å². The molecule has 2 unspecified atom stereocenters. The van der Waals surface area contributed by atoms with Crippen molar-refractivity contribution >= 4 is 26.8 Å². The molecule has 0 spiro atoms. The lowest BCUT2D eigenvalue weighted by Gasteiger charge is -2.36. The summed E-state index contributed by atoms with van der Waals surface area (Å²) in [5, 5.41) is 11.3. The van der Waals surface area contributed by atoms with Crippen molar-refractivity contribution in [1.82, 2.24) is 38.8 Å². The van der Waals surface area contributed by atoms with Crippen molar-refractivity contribution in [2.75, 3.05) is 19.7 Å². The van der Waals surface area contributed by atoms with Crippen molar-refractivity contribution in [3.05, 3.63) is 35.0 Å². The van der Waals surface area contributed by atoms with Gasteiger partial charge in [0.05, 0.1) is 17.1 Å². The first-order chi connectivity index (χ1) is 17.8. The van der Waals surface area contributed by atoms with Crippen molar-refractivity contribution in [1.29, 1.82) is 0 Å². The van der Waals surface area contributed by atoms with Crippen LogP contribution in [0.5, 0.6) is 5.75 Å². The van der Waals surface area contributed by atoms with Crippen LogP contribution >= 0.6 is 0 Å². The van der Waals surface area contributed by atoms with Gasteiger partial charge in [0.25, 0.3) is 0 Å². The molecule has 1 fully saturated rings. The van der Waals surface area contributed by atoms with Crippen LogP contribution in [-0.2, 0) is 16.6 Å². The molecule has 4 aromatic rings. The summed E-state index contributed by atoms with van der Waals surface area (Å²) >= 11 is 0. The Morgan fingerprint density at radius 1 is 1.16 bits per heavy atom. The number of fused-ring (bicyclic) bond motifs is 3. The number of benzene rings is 1. The average Bonchev–Trinajstić information content (AvgIpc) is 3.54. The van der Waals surface area contributed by atoms with Crippen molar-refractivity contribution in [3.8, 4) is 17.1 Å². The van der Waals surface area contributed by atoms with Gasteiger partial charge in [-0.1, -0.05) is 13.8 Å². The van der Waals surface area contributed by atoms with E-state index in [1.54, 1.807) is 22.8 Å². The van der Waals surface area contributed by atoms with E-state index in [9.17, 15) is 13.2 Å². The number of sulfonamides is 1. The maximum Gasteiger partial charge on any atom is 0.336 e. The molecular weight excluding hydrogens is 496 g/mol. The molecule has 37 heavy (non-hydrogen) atoms. The van der Waals surface area contributed by atoms with Crippen LogP contribution < -0.4 is 15.7 Å². The van der Waals surface area contributed by atoms with Gasteiger partial charge in [-0.3, -0.25) is 4.57 Å². The topological polar surface area (TPSA) is 140 Å². The molecule has 1 saturated heterocycles. The van der Waals surface area contributed by atoms with Crippen LogP contribution in [0, 0.1) is 0 Å². The highest BCUT2D eigenvalue weighted by Crippen LogP contribution is 2.34. The molecule has 1 aliphatic heterocycles. The number of aryl methyl sites for hydroxylation is 1. The highest BCUT2D eigenvalue weighted by molar-refractivity contribution is 7.89. The van der Waals surface area contributed by atoms with Crippen molar-refractivity contribution in [3.63, 3.8) is 0 Å². The number of hydrogen-bond donors (Lipinski definition) is 2. The van der Waals surface area contributed by atoms with Gasteiger partial charge in [0.2, 0.25) is 10.0 Å². The van der Waals surface area contributed by atoms with E-state index in [1.165, 1.54) is 15.0 Å². The number of H-pyrrole nitrogens is 1. The first-order valence-electron chi connectivity index (χ1n) is 12.6. The fourth-order valence-corrected chi connectivity index (χ4v) is 6.43. The lowest BCUT2D eigenvalue weighted by Crippen LogP contribution is -2.56. The van der Waals surface area contributed by atoms with E-state index in [2.05, 4.69) is 20.5 Å². The molecule has 0 saturated carbocycles. The van der Waals surface area contributed by atoms with E-state index < -0.39 is 10.0 Å². The second-order valence-electron chi connectivity index (χ2n) is 9.48. The number of aromatic nitrogens is 6. The summed E-state index contributed by atoms with van der Waals surface area (Å²) in [5.74, 6) is 0.892. The van der Waals surface area contributed by atoms with Gasteiger partial charge in [-0.05, 0) is 44.9 Å². The standard InChI is InChI=1S/C24H32N8O4S/c1-5-9-30-22-20(23-29-26-14-31(23)24(30)33)27-21(28-22)18-11-17(7-8-19(18)36-10-6-2)37(34,35)32-13-15(3)25-12-16(32)4/h7-8,11,14-16,25H,5-6,9-10,12-13H2,1-4H3,(H,27,28). The Kier molecular flexibility index (Phi) is 6.77. The average molecular weight is 529 g/mol. The Labute approximate surface area is 214 Å². The summed E-state index contributed by atoms with van der Waals surface area (Å²) in [5.41, 5.74) is 1.54. The van der Waals surface area contributed by atoms with E-state index in [0.29, 0.717) is 60.2 Å². The summed E-state index contributed by atoms with van der Waals surface area (Å²) in [6, 6.07) is 4.72. The van der Waals surface area contributed by atoms with Crippen LogP contribution in [0.2, 0.25) is 0 Å². The minimum atomic E-state index is -3.78. The van der Waals surface area contributed by atoms with Crippen LogP contribution in [0.1, 0.15) is 40.5 Å². The van der Waals surface area contributed by atoms with Crippen molar-refractivity contribution in [2.45, 2.75) is 64.1 Å². The second-order valence-corrected chi connectivity index (χ2v) is 11.4. The molecule has 13 heteroatoms. The number of nitrogens with one attached hydrogen (secondary N) is 2. The van der Waals surface area contributed by atoms with Crippen LogP contribution in [0.3, 0.4) is 0 Å². The summed E-state index contributed by atoms with van der Waals surface area (Å²) in [7, 11) is -3.78. The predicted octanol–water partition coefficient (Wildman–Crippen LogP) is 2.00. The van der Waals surface area contributed by atoms with Crippen LogP contribution in [-0.4, -0.2) is 73.6 Å². The van der Waals surface area contributed by atoms with Gasteiger partial charge in [0.1, 0.15) is 23.4 Å². The van der Waals surface area contributed by atoms with Gasteiger partial charge in [0.15, 0.2) is 11.3 Å². The Morgan fingerprint density at radius 2 is 1.97 bits per heavy atom. The monoisotopic (exact) mass is 528 g/mol. The lowest BCUT2D eigenvalue weighted by molar-refractivity contribution is 0.244. The van der Waals surface area contributed by atoms with E-state index in [1.807, 2.05) is 27.7 Å². The number of rotatable bonds is 8. The Morgan fingerprint density at radius 3 is 2.73 bits per heavy atom. The molecule has 12 nitrogen and oxygen atoms in total. The fraction of sp³-hybridized carbons (Fsp3) is 0.500. The van der Waals surface area contributed by atoms with Gasteiger partial charge in [-0.15, -0.1) is 10.2 Å². The Hall–Kier alpha value is -3.29. The van der Waals surface area contributed by atoms with Crippen molar-refractivity contribution in [2.24, 2.45) is 0 Å². The van der Waals surface area contributed by atoms with Gasteiger partial charge in [0, 0.05) is 31.7 Å². The van der Waals surface area contributed by atoms with Gasteiger partial charge in [-0.2, -0.15) is 4.31 Å². The molecule has 198 valence electrons. The predicted molar refractivity (Wildman–Crippen MR) is 139 cm³/mol. The highest BCUT2D eigenvalue weighted by Gasteiger charge is 2.34. The van der Waals surface area contributed by atoms with E-state index in [0.717, 1.165) is 12.8 Å². The zero-order valence-electron chi connectivity index (χ0n) is 21.4. The first-order valence-corrected chi connectivity index (χ1v) is 14.0. The number of hydrogen-bond acceptors (Lipinski definition) is 8. The van der Waals surface area contributed by atoms with E-state index in [4.69, 9.17) is 9.72 Å². The molecule has 4 heterocycles. The molecule has 0 bridgehead atoms. The maximum absolute atomic E-state index is 13.7. The molecule has 1 aliphatic rings. The number of aromatic amines is 1. The SMILES string of the molecule is CCCOc1ccc(S(=O)(=O)N2CC(C)NCC2C)cc1-c1nc2c([nH]1)c1nncn1c(=O)n2CCC. The third-order valence-electron chi connectivity index (χ3n) is 6.58. The number of nitrogens with zero attached hydrogens (tertiary/aromatic N) is 6. The largest absolute Gasteiger partial charge is 0.493 e. The molecule has 0 aliphatic carbocycles. The number of piperazine rings is 1. The maximum atomic E-state index is 13.7. The van der Waals surface area contributed by atoms with E-state index in [-0.39, 0.29) is 22.7 Å². The third-order valence-corrected chi connectivity index (χ3v) is 8.55. The second kappa shape index (κ2) is 9.88. The van der Waals surface area contributed by atoms with Crippen LogP contribution in [0.15, 0.2) is 34.2 Å². The molecule has 2 N–H and O–H groups in total. The van der Waals surface area contributed by atoms with Gasteiger partial charge < -0.3 is 15.0 Å². The van der Waals surface area contributed by atoms with Crippen LogP contribution in [0.4, 0.5) is 0 Å². The molecule has 0 radical (unpaired) electrons. The normalized spacial score (nSPS) is 19.1. The Balaban J connectivity index is 1.69. The molecule has 3 aromatic heterocycles. The summed E-state index contributed by atoms with van der Waals surface area (Å²) in [6.07, 6.45) is 2.89. The smallest absolute Gasteiger partial charge is 0.336 e. The lowest BCUT2D eigenvalue weighted by atomic mass is 10.2. The number of ether oxygens (including phenoxy) is 1. The summed E-state index contributed by atoms with van der Waals surface area (Å²) in [4.78, 5) is 21.2. The third kappa shape index (κ3) is 4.40. The molecule has 1 aromatic carbocycles. The highest BCUT2D eigenvalue weighted by atomic mass is 32.2. The Bertz CT molecular complexity index is 1610. The molecule has 2 atom stereocenters. The fourth-order valence-electron chi connectivity index (χ4n) is 4.68. The van der Waals surface area contributed by atoms with Gasteiger partial charge >= 0.3 is 5.69 Å². The summed E-state index contributed by atoms with van der Waals surface area (Å²) in [6.45, 7) is 9.72. The van der Waals surface area contributed by atoms with Gasteiger partial charge in [-0.25, -0.2) is 22.6 Å². The van der Waals surface area contributed by atoms with Crippen molar-refractivity contribution < 1.29 is 13.2 Å². The summed E-state index contributed by atoms with van der Waals surface area (Å²) < 4.78 is 37.9. The molecule has 0 amide bonds. The quantitative estimate of drug-likeness (QED) is 0.354. The first kappa shape index (κ1) is 25.4. The molecular formula is C24H32N8O4S. The zero-order chi connectivity index (χ0) is 26.3. The minimum absolute atomic E-state index is 0.0499.